The summed E-state index contributed by atoms with van der Waals surface area (Å²) in [7, 11) is 0. The fraction of sp³-hybridized carbons (Fsp3) is 0.143. The molecule has 1 aromatic carbocycles. The van der Waals surface area contributed by atoms with E-state index >= 15 is 0 Å². The number of hydrogen-bond donors (Lipinski definition) is 1. The minimum absolute atomic E-state index is 0.213. The summed E-state index contributed by atoms with van der Waals surface area (Å²) in [5.74, 6) is 0.515. The van der Waals surface area contributed by atoms with Gasteiger partial charge >= 0.3 is 0 Å². The number of imidazole rings is 1. The van der Waals surface area contributed by atoms with E-state index in [1.54, 1.807) is 18.3 Å². The van der Waals surface area contributed by atoms with Crippen LogP contribution in [0.5, 0.6) is 0 Å². The van der Waals surface area contributed by atoms with Crippen molar-refractivity contribution in [2.24, 2.45) is 0 Å². The number of benzene rings is 1. The van der Waals surface area contributed by atoms with Gasteiger partial charge < -0.3 is 9.72 Å². The first kappa shape index (κ1) is 13.1. The first-order valence-electron chi connectivity index (χ1n) is 6.20. The molecule has 0 radical (unpaired) electrons. The highest BCUT2D eigenvalue weighted by atomic mass is 79.9. The van der Waals surface area contributed by atoms with Gasteiger partial charge in [-0.15, -0.1) is 0 Å². The van der Waals surface area contributed by atoms with Gasteiger partial charge in [-0.3, -0.25) is 0 Å². The van der Waals surface area contributed by atoms with Crippen molar-refractivity contribution in [2.45, 2.75) is 6.42 Å². The van der Waals surface area contributed by atoms with Crippen molar-refractivity contribution in [3.8, 4) is 0 Å². The molecule has 1 N–H and O–H groups in total. The first-order valence-corrected chi connectivity index (χ1v) is 6.99. The standard InChI is InChI=1S/C14H12BrFN4/c15-12-9-20-8-7-18-14(20)13(19-12)17-6-5-10-1-3-11(16)4-2-10/h1-4,7-9H,5-6H2,(H,17,19). The van der Waals surface area contributed by atoms with Gasteiger partial charge in [0.1, 0.15) is 10.4 Å². The van der Waals surface area contributed by atoms with Crippen LogP contribution in [0.2, 0.25) is 0 Å². The quantitative estimate of drug-likeness (QED) is 0.796. The van der Waals surface area contributed by atoms with E-state index in [0.717, 1.165) is 28.1 Å². The molecule has 0 fully saturated rings. The Kier molecular flexibility index (Phi) is 3.64. The van der Waals surface area contributed by atoms with Crippen molar-refractivity contribution >= 4 is 27.4 Å². The molecule has 102 valence electrons. The maximum atomic E-state index is 12.8. The zero-order valence-electron chi connectivity index (χ0n) is 10.6. The molecule has 0 amide bonds. The third-order valence-corrected chi connectivity index (χ3v) is 3.35. The van der Waals surface area contributed by atoms with Gasteiger partial charge in [0.25, 0.3) is 0 Å². The molecule has 3 rings (SSSR count). The zero-order chi connectivity index (χ0) is 13.9. The molecule has 0 saturated heterocycles. The average molecular weight is 335 g/mol. The molecular formula is C14H12BrFN4. The van der Waals surface area contributed by atoms with Crippen molar-refractivity contribution in [2.75, 3.05) is 11.9 Å². The molecule has 0 spiro atoms. The number of fused-ring (bicyclic) bond motifs is 1. The van der Waals surface area contributed by atoms with Gasteiger partial charge in [-0.25, -0.2) is 14.4 Å². The van der Waals surface area contributed by atoms with Crippen molar-refractivity contribution < 1.29 is 4.39 Å². The fourth-order valence-electron chi connectivity index (χ4n) is 2.00. The normalized spacial score (nSPS) is 10.9. The Balaban J connectivity index is 1.70. The number of halogens is 2. The summed E-state index contributed by atoms with van der Waals surface area (Å²) in [5.41, 5.74) is 1.86. The van der Waals surface area contributed by atoms with Crippen LogP contribution in [0.3, 0.4) is 0 Å². The third kappa shape index (κ3) is 2.80. The predicted octanol–water partition coefficient (Wildman–Crippen LogP) is 3.29. The maximum absolute atomic E-state index is 12.8. The van der Waals surface area contributed by atoms with Gasteiger partial charge in [0.05, 0.1) is 0 Å². The van der Waals surface area contributed by atoms with E-state index in [2.05, 4.69) is 31.2 Å². The molecular weight excluding hydrogens is 323 g/mol. The highest BCUT2D eigenvalue weighted by Gasteiger charge is 2.05. The van der Waals surface area contributed by atoms with Gasteiger partial charge in [0, 0.05) is 25.1 Å². The molecule has 0 aliphatic carbocycles. The molecule has 2 heterocycles. The Morgan fingerprint density at radius 2 is 2.05 bits per heavy atom. The van der Waals surface area contributed by atoms with Crippen molar-refractivity contribution in [1.82, 2.24) is 14.4 Å². The molecule has 0 bridgehead atoms. The van der Waals surface area contributed by atoms with Crippen LogP contribution in [-0.2, 0) is 6.42 Å². The summed E-state index contributed by atoms with van der Waals surface area (Å²) in [6.07, 6.45) is 6.25. The molecule has 0 atom stereocenters. The van der Waals surface area contributed by atoms with Crippen molar-refractivity contribution in [3.05, 3.63) is 58.8 Å². The number of rotatable bonds is 4. The number of hydrogen-bond acceptors (Lipinski definition) is 3. The van der Waals surface area contributed by atoms with Gasteiger partial charge in [0.15, 0.2) is 11.5 Å². The van der Waals surface area contributed by atoms with E-state index in [4.69, 9.17) is 0 Å². The Labute approximate surface area is 123 Å². The number of nitrogens with zero attached hydrogens (tertiary/aromatic N) is 3. The molecule has 0 unspecified atom stereocenters. The number of aromatic nitrogens is 3. The van der Waals surface area contributed by atoms with Crippen LogP contribution in [0.1, 0.15) is 5.56 Å². The fourth-order valence-corrected chi connectivity index (χ4v) is 2.39. The molecule has 0 aliphatic heterocycles. The van der Waals surface area contributed by atoms with Crippen LogP contribution in [0.25, 0.3) is 5.65 Å². The largest absolute Gasteiger partial charge is 0.367 e. The lowest BCUT2D eigenvalue weighted by Crippen LogP contribution is -2.08. The van der Waals surface area contributed by atoms with Crippen LogP contribution in [0.15, 0.2) is 47.5 Å². The van der Waals surface area contributed by atoms with E-state index in [9.17, 15) is 4.39 Å². The topological polar surface area (TPSA) is 42.2 Å². The summed E-state index contributed by atoms with van der Waals surface area (Å²) in [6.45, 7) is 0.706. The molecule has 4 nitrogen and oxygen atoms in total. The van der Waals surface area contributed by atoms with Crippen LogP contribution in [0, 0.1) is 5.82 Å². The lowest BCUT2D eigenvalue weighted by molar-refractivity contribution is 0.627. The van der Waals surface area contributed by atoms with Crippen LogP contribution in [0.4, 0.5) is 10.2 Å². The monoisotopic (exact) mass is 334 g/mol. The van der Waals surface area contributed by atoms with Gasteiger partial charge in [-0.2, -0.15) is 0 Å². The van der Waals surface area contributed by atoms with E-state index in [1.165, 1.54) is 12.1 Å². The van der Waals surface area contributed by atoms with Crippen molar-refractivity contribution in [1.29, 1.82) is 0 Å². The van der Waals surface area contributed by atoms with Gasteiger partial charge in [0.2, 0.25) is 0 Å². The summed E-state index contributed by atoms with van der Waals surface area (Å²) in [4.78, 5) is 8.65. The van der Waals surface area contributed by atoms with Crippen LogP contribution in [-0.4, -0.2) is 20.9 Å². The summed E-state index contributed by atoms with van der Waals surface area (Å²) >= 11 is 3.37. The molecule has 6 heteroatoms. The van der Waals surface area contributed by atoms with E-state index < -0.39 is 0 Å². The molecule has 2 aromatic heterocycles. The van der Waals surface area contributed by atoms with Gasteiger partial charge in [-0.05, 0) is 40.0 Å². The Bertz CT molecular complexity index is 724. The molecule has 0 saturated carbocycles. The van der Waals surface area contributed by atoms with E-state index in [1.807, 2.05) is 16.8 Å². The Morgan fingerprint density at radius 1 is 1.25 bits per heavy atom. The number of nitrogens with one attached hydrogen (secondary N) is 1. The zero-order valence-corrected chi connectivity index (χ0v) is 12.1. The van der Waals surface area contributed by atoms with E-state index in [0.29, 0.717) is 6.54 Å². The maximum Gasteiger partial charge on any atom is 0.180 e. The second-order valence-electron chi connectivity index (χ2n) is 4.37. The second kappa shape index (κ2) is 5.58. The molecule has 0 aliphatic rings. The summed E-state index contributed by atoms with van der Waals surface area (Å²) < 4.78 is 15.5. The van der Waals surface area contributed by atoms with Crippen LogP contribution >= 0.6 is 15.9 Å². The highest BCUT2D eigenvalue weighted by molar-refractivity contribution is 9.10. The number of anilines is 1. The highest BCUT2D eigenvalue weighted by Crippen LogP contribution is 2.16. The Hall–Kier alpha value is -1.95. The SMILES string of the molecule is Fc1ccc(CCNc2nc(Br)cn3ccnc23)cc1. The Morgan fingerprint density at radius 3 is 2.85 bits per heavy atom. The average Bonchev–Trinajstić information content (AvgIpc) is 2.89. The van der Waals surface area contributed by atoms with Gasteiger partial charge in [-0.1, -0.05) is 12.1 Å². The minimum Gasteiger partial charge on any atom is -0.367 e. The first-order chi connectivity index (χ1) is 9.72. The predicted molar refractivity (Wildman–Crippen MR) is 79.3 cm³/mol. The second-order valence-corrected chi connectivity index (χ2v) is 5.19. The van der Waals surface area contributed by atoms with E-state index in [-0.39, 0.29) is 5.82 Å². The van der Waals surface area contributed by atoms with Crippen LogP contribution < -0.4 is 5.32 Å². The smallest absolute Gasteiger partial charge is 0.180 e. The van der Waals surface area contributed by atoms with Crippen molar-refractivity contribution in [3.63, 3.8) is 0 Å². The molecule has 20 heavy (non-hydrogen) atoms. The minimum atomic E-state index is -0.213. The lowest BCUT2D eigenvalue weighted by atomic mass is 10.1. The third-order valence-electron chi connectivity index (χ3n) is 2.96. The summed E-state index contributed by atoms with van der Waals surface area (Å²) in [5, 5.41) is 3.26. The summed E-state index contributed by atoms with van der Waals surface area (Å²) in [6, 6.07) is 6.52. The lowest BCUT2D eigenvalue weighted by Gasteiger charge is -2.07. The molecule has 3 aromatic rings.